The lowest BCUT2D eigenvalue weighted by molar-refractivity contribution is 0.0591. The normalized spacial score (nSPS) is 11.9. The third-order valence-electron chi connectivity index (χ3n) is 5.75. The number of benzene rings is 1. The van der Waals surface area contributed by atoms with Gasteiger partial charge in [0, 0.05) is 47.2 Å². The van der Waals surface area contributed by atoms with E-state index in [1.807, 2.05) is 35.1 Å². The van der Waals surface area contributed by atoms with Crippen LogP contribution in [-0.4, -0.2) is 40.2 Å². The van der Waals surface area contributed by atoms with Crippen molar-refractivity contribution >= 4 is 33.3 Å². The minimum Gasteiger partial charge on any atom is -0.389 e. The lowest BCUT2D eigenvalue weighted by atomic mass is 9.98. The molecular formula is C25H25N7O2. The second kappa shape index (κ2) is 8.03. The highest BCUT2D eigenvalue weighted by atomic mass is 16.3. The third-order valence-corrected chi connectivity index (χ3v) is 5.75. The minimum atomic E-state index is -0.862. The molecule has 0 radical (unpaired) electrons. The van der Waals surface area contributed by atoms with Crippen molar-refractivity contribution in [2.45, 2.75) is 32.9 Å². The molecule has 5 rings (SSSR count). The largest absolute Gasteiger partial charge is 0.389 e. The summed E-state index contributed by atoms with van der Waals surface area (Å²) < 4.78 is 3.10. The Kier molecular flexibility index (Phi) is 5.13. The standard InChI is InChI=1S/C25H25N7O2/c1-15-17(5-6-20-19(15)13-28-32(20)14-25(2,3)34)24-18-11-22(27-12-16(18)9-10-26-24)29-21-7-8-23(33)31(4)30-21/h5-13,34H,14H2,1-4H3,(H,27,29,30). The van der Waals surface area contributed by atoms with Gasteiger partial charge in [0.25, 0.3) is 5.56 Å². The molecule has 0 aliphatic rings. The van der Waals surface area contributed by atoms with Crippen LogP contribution in [0.25, 0.3) is 32.9 Å². The molecule has 0 aliphatic carbocycles. The average Bonchev–Trinajstić information content (AvgIpc) is 3.18. The van der Waals surface area contributed by atoms with Gasteiger partial charge in [0.05, 0.1) is 29.6 Å². The van der Waals surface area contributed by atoms with Gasteiger partial charge in [0.1, 0.15) is 5.82 Å². The van der Waals surface area contributed by atoms with E-state index >= 15 is 0 Å². The summed E-state index contributed by atoms with van der Waals surface area (Å²) in [7, 11) is 1.60. The summed E-state index contributed by atoms with van der Waals surface area (Å²) in [6.07, 6.45) is 5.41. The van der Waals surface area contributed by atoms with Crippen LogP contribution >= 0.6 is 0 Å². The van der Waals surface area contributed by atoms with Crippen LogP contribution in [0.5, 0.6) is 0 Å². The van der Waals surface area contributed by atoms with Gasteiger partial charge in [-0.05, 0) is 50.6 Å². The fourth-order valence-corrected chi connectivity index (χ4v) is 4.09. The summed E-state index contributed by atoms with van der Waals surface area (Å²) in [5.74, 6) is 1.13. The van der Waals surface area contributed by atoms with Gasteiger partial charge in [-0.1, -0.05) is 6.07 Å². The molecule has 0 saturated heterocycles. The van der Waals surface area contributed by atoms with Crippen molar-refractivity contribution in [3.05, 3.63) is 70.9 Å². The SMILES string of the molecule is Cc1c(-c2nccc3cnc(Nc4ccc(=O)n(C)n4)cc23)ccc2c1cnn2CC(C)(C)O. The van der Waals surface area contributed by atoms with Crippen LogP contribution in [0.15, 0.2) is 59.8 Å². The maximum Gasteiger partial charge on any atom is 0.266 e. The van der Waals surface area contributed by atoms with Crippen LogP contribution in [0.3, 0.4) is 0 Å². The Morgan fingerprint density at radius 3 is 2.62 bits per heavy atom. The molecule has 0 atom stereocenters. The summed E-state index contributed by atoms with van der Waals surface area (Å²) in [5.41, 5.74) is 2.82. The van der Waals surface area contributed by atoms with Crippen molar-refractivity contribution < 1.29 is 5.11 Å². The van der Waals surface area contributed by atoms with Crippen LogP contribution in [0.2, 0.25) is 0 Å². The van der Waals surface area contributed by atoms with Crippen LogP contribution in [0.4, 0.5) is 11.6 Å². The molecule has 1 aromatic carbocycles. The molecule has 0 unspecified atom stereocenters. The molecule has 4 heterocycles. The quantitative estimate of drug-likeness (QED) is 0.417. The monoisotopic (exact) mass is 455 g/mol. The van der Waals surface area contributed by atoms with Crippen LogP contribution < -0.4 is 10.9 Å². The van der Waals surface area contributed by atoms with Crippen molar-refractivity contribution in [1.29, 1.82) is 0 Å². The number of hydrogen-bond acceptors (Lipinski definition) is 7. The van der Waals surface area contributed by atoms with E-state index < -0.39 is 5.60 Å². The van der Waals surface area contributed by atoms with Crippen molar-refractivity contribution in [2.24, 2.45) is 7.05 Å². The Labute approximate surface area is 195 Å². The Bertz CT molecular complexity index is 1600. The molecule has 172 valence electrons. The number of rotatable bonds is 5. The Balaban J connectivity index is 1.59. The molecule has 0 aliphatic heterocycles. The zero-order valence-corrected chi connectivity index (χ0v) is 19.4. The molecule has 9 nitrogen and oxygen atoms in total. The van der Waals surface area contributed by atoms with E-state index in [-0.39, 0.29) is 5.56 Å². The summed E-state index contributed by atoms with van der Waals surface area (Å²) >= 11 is 0. The smallest absolute Gasteiger partial charge is 0.266 e. The Morgan fingerprint density at radius 2 is 1.85 bits per heavy atom. The van der Waals surface area contributed by atoms with Gasteiger partial charge in [-0.15, -0.1) is 0 Å². The Hall–Kier alpha value is -4.11. The predicted octanol–water partition coefficient (Wildman–Crippen LogP) is 3.56. The van der Waals surface area contributed by atoms with Crippen molar-refractivity contribution in [2.75, 3.05) is 5.32 Å². The molecule has 5 aromatic rings. The lowest BCUT2D eigenvalue weighted by Gasteiger charge is -2.18. The number of aromatic nitrogens is 6. The van der Waals surface area contributed by atoms with E-state index in [9.17, 15) is 9.90 Å². The fraction of sp³-hybridized carbons (Fsp3) is 0.240. The molecule has 0 fully saturated rings. The first kappa shape index (κ1) is 21.7. The first-order chi connectivity index (χ1) is 16.2. The highest BCUT2D eigenvalue weighted by Crippen LogP contribution is 2.34. The van der Waals surface area contributed by atoms with E-state index in [0.717, 1.165) is 38.5 Å². The van der Waals surface area contributed by atoms with Gasteiger partial charge in [-0.25, -0.2) is 9.67 Å². The number of aryl methyl sites for hydroxylation is 2. The average molecular weight is 456 g/mol. The maximum atomic E-state index is 11.6. The second-order valence-electron chi connectivity index (χ2n) is 9.04. The number of aliphatic hydroxyl groups is 1. The summed E-state index contributed by atoms with van der Waals surface area (Å²) in [4.78, 5) is 20.8. The van der Waals surface area contributed by atoms with Crippen molar-refractivity contribution in [1.82, 2.24) is 29.5 Å². The van der Waals surface area contributed by atoms with Gasteiger partial charge in [-0.3, -0.25) is 14.5 Å². The zero-order valence-electron chi connectivity index (χ0n) is 19.4. The summed E-state index contributed by atoms with van der Waals surface area (Å²) in [6.45, 7) is 6.00. The van der Waals surface area contributed by atoms with E-state index in [0.29, 0.717) is 18.2 Å². The van der Waals surface area contributed by atoms with Crippen LogP contribution in [0.1, 0.15) is 19.4 Å². The van der Waals surface area contributed by atoms with Crippen molar-refractivity contribution in [3.63, 3.8) is 0 Å². The van der Waals surface area contributed by atoms with Crippen LogP contribution in [-0.2, 0) is 13.6 Å². The van der Waals surface area contributed by atoms with Gasteiger partial charge >= 0.3 is 0 Å². The van der Waals surface area contributed by atoms with Gasteiger partial charge < -0.3 is 10.4 Å². The topological polar surface area (TPSA) is 111 Å². The van der Waals surface area contributed by atoms with Gasteiger partial charge in [0.15, 0.2) is 5.82 Å². The molecule has 0 amide bonds. The van der Waals surface area contributed by atoms with Gasteiger partial charge in [-0.2, -0.15) is 10.2 Å². The van der Waals surface area contributed by atoms with E-state index in [1.165, 1.54) is 10.7 Å². The molecule has 34 heavy (non-hydrogen) atoms. The van der Waals surface area contributed by atoms with Crippen molar-refractivity contribution in [3.8, 4) is 11.3 Å². The molecule has 2 N–H and O–H groups in total. The second-order valence-corrected chi connectivity index (χ2v) is 9.04. The molecule has 0 spiro atoms. The molecule has 4 aromatic heterocycles. The number of nitrogens with one attached hydrogen (secondary N) is 1. The fourth-order valence-electron chi connectivity index (χ4n) is 4.09. The summed E-state index contributed by atoms with van der Waals surface area (Å²) in [5, 5.41) is 25.0. The number of nitrogens with zero attached hydrogens (tertiary/aromatic N) is 6. The van der Waals surface area contributed by atoms with E-state index in [4.69, 9.17) is 4.98 Å². The highest BCUT2D eigenvalue weighted by molar-refractivity contribution is 5.99. The molecule has 9 heteroatoms. The first-order valence-corrected chi connectivity index (χ1v) is 10.9. The highest BCUT2D eigenvalue weighted by Gasteiger charge is 2.18. The number of anilines is 2. The lowest BCUT2D eigenvalue weighted by Crippen LogP contribution is -2.26. The first-order valence-electron chi connectivity index (χ1n) is 10.9. The molecule has 0 saturated carbocycles. The zero-order chi connectivity index (χ0) is 24.0. The minimum absolute atomic E-state index is 0.180. The number of fused-ring (bicyclic) bond motifs is 2. The number of pyridine rings is 2. The Morgan fingerprint density at radius 1 is 1.03 bits per heavy atom. The predicted molar refractivity (Wildman–Crippen MR) is 132 cm³/mol. The molecule has 0 bridgehead atoms. The van der Waals surface area contributed by atoms with E-state index in [1.54, 1.807) is 39.4 Å². The third kappa shape index (κ3) is 4.01. The van der Waals surface area contributed by atoms with Gasteiger partial charge in [0.2, 0.25) is 0 Å². The summed E-state index contributed by atoms with van der Waals surface area (Å²) in [6, 6.07) is 11.0. The maximum absolute atomic E-state index is 11.6. The number of hydrogen-bond donors (Lipinski definition) is 2. The van der Waals surface area contributed by atoms with Crippen LogP contribution in [0, 0.1) is 6.92 Å². The molecular weight excluding hydrogens is 430 g/mol. The van der Waals surface area contributed by atoms with E-state index in [2.05, 4.69) is 27.4 Å².